The van der Waals surface area contributed by atoms with Gasteiger partial charge in [0.15, 0.2) is 0 Å². The molecule has 3 heteroatoms. The summed E-state index contributed by atoms with van der Waals surface area (Å²) in [6.07, 6.45) is 2.18. The molecule has 2 unspecified atom stereocenters. The highest BCUT2D eigenvalue weighted by Crippen LogP contribution is 2.24. The Kier molecular flexibility index (Phi) is 3.85. The minimum Gasteiger partial charge on any atom is -0.326 e. The molecule has 0 radical (unpaired) electrons. The fraction of sp³-hybridized carbons (Fsp3) is 0.538. The first-order valence-corrected chi connectivity index (χ1v) is 6.22. The summed E-state index contributed by atoms with van der Waals surface area (Å²) in [5, 5.41) is 0.869. The van der Waals surface area contributed by atoms with Crippen molar-refractivity contribution in [2.24, 2.45) is 11.7 Å². The smallest absolute Gasteiger partial charge is 0.0438 e. The van der Waals surface area contributed by atoms with Gasteiger partial charge in [0, 0.05) is 17.6 Å². The van der Waals surface area contributed by atoms with Crippen LogP contribution < -0.4 is 5.73 Å². The molecule has 1 saturated heterocycles. The Morgan fingerprint density at radius 3 is 2.88 bits per heavy atom. The summed E-state index contributed by atoms with van der Waals surface area (Å²) in [6.45, 7) is 2.14. The van der Waals surface area contributed by atoms with Crippen LogP contribution in [0.3, 0.4) is 0 Å². The Labute approximate surface area is 102 Å². The summed E-state index contributed by atoms with van der Waals surface area (Å²) in [5.41, 5.74) is 7.41. The van der Waals surface area contributed by atoms with Gasteiger partial charge in [-0.05, 0) is 44.0 Å². The van der Waals surface area contributed by atoms with Crippen molar-refractivity contribution in [3.8, 4) is 0 Å². The maximum Gasteiger partial charge on any atom is 0.0438 e. The van der Waals surface area contributed by atoms with Crippen LogP contribution in [-0.2, 0) is 6.42 Å². The van der Waals surface area contributed by atoms with Crippen LogP contribution in [0.1, 0.15) is 12.0 Å². The van der Waals surface area contributed by atoms with Gasteiger partial charge in [-0.25, -0.2) is 0 Å². The highest BCUT2D eigenvalue weighted by Gasteiger charge is 2.25. The van der Waals surface area contributed by atoms with Crippen molar-refractivity contribution in [3.05, 3.63) is 34.9 Å². The molecule has 16 heavy (non-hydrogen) atoms. The molecule has 2 N–H and O–H groups in total. The summed E-state index contributed by atoms with van der Waals surface area (Å²) in [4.78, 5) is 2.30. The third-order valence-corrected chi connectivity index (χ3v) is 3.82. The van der Waals surface area contributed by atoms with Crippen molar-refractivity contribution in [2.75, 3.05) is 20.1 Å². The molecule has 0 spiro atoms. The van der Waals surface area contributed by atoms with Crippen LogP contribution in [-0.4, -0.2) is 31.1 Å². The highest BCUT2D eigenvalue weighted by molar-refractivity contribution is 6.31. The lowest BCUT2D eigenvalue weighted by Gasteiger charge is -2.34. The maximum atomic E-state index is 6.18. The summed E-state index contributed by atoms with van der Waals surface area (Å²) < 4.78 is 0. The first-order chi connectivity index (χ1) is 7.66. The van der Waals surface area contributed by atoms with Crippen LogP contribution >= 0.6 is 11.6 Å². The largest absolute Gasteiger partial charge is 0.326 e. The monoisotopic (exact) mass is 238 g/mol. The minimum atomic E-state index is 0.273. The van der Waals surface area contributed by atoms with Gasteiger partial charge >= 0.3 is 0 Å². The average molecular weight is 239 g/mol. The van der Waals surface area contributed by atoms with E-state index in [1.165, 1.54) is 12.0 Å². The molecule has 2 atom stereocenters. The molecule has 0 amide bonds. The highest BCUT2D eigenvalue weighted by atomic mass is 35.5. The molecule has 1 fully saturated rings. The number of halogens is 1. The van der Waals surface area contributed by atoms with Gasteiger partial charge in [-0.15, -0.1) is 0 Å². The summed E-state index contributed by atoms with van der Waals surface area (Å²) in [6, 6.07) is 8.35. The van der Waals surface area contributed by atoms with Gasteiger partial charge in [0.2, 0.25) is 0 Å². The zero-order valence-corrected chi connectivity index (χ0v) is 10.5. The predicted octanol–water partition coefficient (Wildman–Crippen LogP) is 2.16. The van der Waals surface area contributed by atoms with Crippen molar-refractivity contribution < 1.29 is 0 Å². The van der Waals surface area contributed by atoms with Gasteiger partial charge in [0.1, 0.15) is 0 Å². The van der Waals surface area contributed by atoms with Crippen LogP contribution in [0.25, 0.3) is 0 Å². The van der Waals surface area contributed by atoms with E-state index in [4.69, 9.17) is 17.3 Å². The average Bonchev–Trinajstić information content (AvgIpc) is 2.25. The number of nitrogens with zero attached hydrogens (tertiary/aromatic N) is 1. The van der Waals surface area contributed by atoms with E-state index < -0.39 is 0 Å². The van der Waals surface area contributed by atoms with Gasteiger partial charge in [-0.3, -0.25) is 0 Å². The summed E-state index contributed by atoms with van der Waals surface area (Å²) >= 11 is 6.17. The van der Waals surface area contributed by atoms with Crippen molar-refractivity contribution in [3.63, 3.8) is 0 Å². The number of rotatable bonds is 2. The molecular weight excluding hydrogens is 220 g/mol. The van der Waals surface area contributed by atoms with E-state index in [1.54, 1.807) is 0 Å². The van der Waals surface area contributed by atoms with E-state index in [2.05, 4.69) is 18.0 Å². The summed E-state index contributed by atoms with van der Waals surface area (Å²) in [5.74, 6) is 0.566. The lowest BCUT2D eigenvalue weighted by atomic mass is 9.87. The second-order valence-corrected chi connectivity index (χ2v) is 5.18. The SMILES string of the molecule is CN1CCC(Cc2ccccc2Cl)C(N)C1. The lowest BCUT2D eigenvalue weighted by molar-refractivity contribution is 0.190. The molecule has 1 aliphatic rings. The zero-order valence-electron chi connectivity index (χ0n) is 9.70. The molecule has 0 saturated carbocycles. The predicted molar refractivity (Wildman–Crippen MR) is 68.7 cm³/mol. The van der Waals surface area contributed by atoms with Crippen molar-refractivity contribution in [2.45, 2.75) is 18.9 Å². The molecule has 1 aromatic carbocycles. The quantitative estimate of drug-likeness (QED) is 0.856. The topological polar surface area (TPSA) is 29.3 Å². The van der Waals surface area contributed by atoms with E-state index in [9.17, 15) is 0 Å². The number of nitrogens with two attached hydrogens (primary N) is 1. The van der Waals surface area contributed by atoms with Gasteiger partial charge in [0.25, 0.3) is 0 Å². The first kappa shape index (κ1) is 11.9. The number of likely N-dealkylation sites (N-methyl/N-ethyl adjacent to an activating group) is 1. The van der Waals surface area contributed by atoms with E-state index in [-0.39, 0.29) is 6.04 Å². The number of benzene rings is 1. The van der Waals surface area contributed by atoms with Gasteiger partial charge in [0.05, 0.1) is 0 Å². The summed E-state index contributed by atoms with van der Waals surface area (Å²) in [7, 11) is 2.13. The minimum absolute atomic E-state index is 0.273. The van der Waals surface area contributed by atoms with E-state index in [1.807, 2.05) is 18.2 Å². The number of likely N-dealkylation sites (tertiary alicyclic amines) is 1. The van der Waals surface area contributed by atoms with Crippen LogP contribution in [0.15, 0.2) is 24.3 Å². The first-order valence-electron chi connectivity index (χ1n) is 5.84. The lowest BCUT2D eigenvalue weighted by Crippen LogP contribution is -2.47. The molecular formula is C13H19ClN2. The molecule has 1 aliphatic heterocycles. The van der Waals surface area contributed by atoms with Crippen LogP contribution in [0.4, 0.5) is 0 Å². The normalized spacial score (nSPS) is 26.9. The molecule has 0 aromatic heterocycles. The zero-order chi connectivity index (χ0) is 11.5. The molecule has 1 heterocycles. The molecule has 0 bridgehead atoms. The number of hydrogen-bond acceptors (Lipinski definition) is 2. The van der Waals surface area contributed by atoms with Crippen molar-refractivity contribution in [1.29, 1.82) is 0 Å². The number of piperidine rings is 1. The second-order valence-electron chi connectivity index (χ2n) is 4.77. The second kappa shape index (κ2) is 5.17. The maximum absolute atomic E-state index is 6.18. The van der Waals surface area contributed by atoms with E-state index >= 15 is 0 Å². The third-order valence-electron chi connectivity index (χ3n) is 3.45. The molecule has 1 aromatic rings. The van der Waals surface area contributed by atoms with Crippen molar-refractivity contribution >= 4 is 11.6 Å². The Balaban J connectivity index is 2.02. The molecule has 2 nitrogen and oxygen atoms in total. The Bertz CT molecular complexity index is 354. The van der Waals surface area contributed by atoms with Gasteiger partial charge in [-0.2, -0.15) is 0 Å². The molecule has 2 rings (SSSR count). The van der Waals surface area contributed by atoms with Crippen LogP contribution in [0.5, 0.6) is 0 Å². The molecule has 0 aliphatic carbocycles. The number of hydrogen-bond donors (Lipinski definition) is 1. The van der Waals surface area contributed by atoms with Crippen LogP contribution in [0.2, 0.25) is 5.02 Å². The Morgan fingerprint density at radius 1 is 1.44 bits per heavy atom. The van der Waals surface area contributed by atoms with Crippen molar-refractivity contribution in [1.82, 2.24) is 4.90 Å². The van der Waals surface area contributed by atoms with Gasteiger partial charge < -0.3 is 10.6 Å². The third kappa shape index (κ3) is 2.76. The van der Waals surface area contributed by atoms with E-state index in [0.717, 1.165) is 24.5 Å². The standard InChI is InChI=1S/C13H19ClN2/c1-16-7-6-11(13(15)9-16)8-10-4-2-3-5-12(10)14/h2-5,11,13H,6-9,15H2,1H3. The van der Waals surface area contributed by atoms with Gasteiger partial charge in [-0.1, -0.05) is 29.8 Å². The fourth-order valence-corrected chi connectivity index (χ4v) is 2.61. The Morgan fingerprint density at radius 2 is 2.19 bits per heavy atom. The Hall–Kier alpha value is -0.570. The fourth-order valence-electron chi connectivity index (χ4n) is 2.40. The molecule has 88 valence electrons. The van der Waals surface area contributed by atoms with Crippen LogP contribution in [0, 0.1) is 5.92 Å². The van der Waals surface area contributed by atoms with E-state index in [0.29, 0.717) is 5.92 Å².